The van der Waals surface area contributed by atoms with Crippen molar-refractivity contribution in [3.8, 4) is 0 Å². The highest BCUT2D eigenvalue weighted by Crippen LogP contribution is 2.33. The van der Waals surface area contributed by atoms with Gasteiger partial charge in [0.2, 0.25) is 12.3 Å². The van der Waals surface area contributed by atoms with Crippen LogP contribution >= 0.6 is 0 Å². The average Bonchev–Trinajstić information content (AvgIpc) is 2.87. The third kappa shape index (κ3) is 8.43. The van der Waals surface area contributed by atoms with Crippen molar-refractivity contribution in [2.24, 2.45) is 11.8 Å². The van der Waals surface area contributed by atoms with Gasteiger partial charge in [0.1, 0.15) is 25.2 Å². The molecular weight excluding hydrogens is 478 g/mol. The Morgan fingerprint density at radius 1 is 1.06 bits per heavy atom. The number of alkyl carbamates (subject to hydrolysis) is 1. The minimum atomic E-state index is -1.30. The Labute approximate surface area is 208 Å². The van der Waals surface area contributed by atoms with Crippen molar-refractivity contribution in [1.29, 1.82) is 0 Å². The summed E-state index contributed by atoms with van der Waals surface area (Å²) >= 11 is 0. The number of hydrogen-bond donors (Lipinski definition) is 3. The number of aliphatic hydroxyl groups is 1. The van der Waals surface area contributed by atoms with Gasteiger partial charge in [-0.25, -0.2) is 9.59 Å². The number of likely N-dealkylation sites (tertiary alicyclic amines) is 1. The van der Waals surface area contributed by atoms with Crippen molar-refractivity contribution in [1.82, 2.24) is 15.5 Å². The van der Waals surface area contributed by atoms with Gasteiger partial charge in [-0.2, -0.15) is 0 Å². The number of carbonyl (C=O) groups excluding carboxylic acids is 6. The summed E-state index contributed by atoms with van der Waals surface area (Å²) in [7, 11) is 0. The first-order chi connectivity index (χ1) is 17.3. The van der Waals surface area contributed by atoms with Gasteiger partial charge in [0.05, 0.1) is 24.5 Å². The van der Waals surface area contributed by atoms with Gasteiger partial charge in [-0.1, -0.05) is 31.4 Å². The number of imide groups is 1. The Morgan fingerprint density at radius 2 is 1.69 bits per heavy atom. The highest BCUT2D eigenvalue weighted by molar-refractivity contribution is 6.36. The maximum Gasteiger partial charge on any atom is 0.407 e. The van der Waals surface area contributed by atoms with Crippen LogP contribution in [-0.4, -0.2) is 91.3 Å². The summed E-state index contributed by atoms with van der Waals surface area (Å²) in [6.07, 6.45) is 1.69. The van der Waals surface area contributed by atoms with Crippen molar-refractivity contribution in [2.45, 2.75) is 25.1 Å². The molecule has 1 rings (SSSR count). The molecule has 1 aliphatic rings. The number of aliphatic hydroxyl groups excluding tert-OH is 1. The number of amides is 4. The SMILES string of the molecule is C=CCOC(=O)NCC(C(=O)C[C@@H]1[C@H](CCO)C(=O)N1C(=O)C(=O)OCC=C)C(NC=O)OCC=C. The van der Waals surface area contributed by atoms with E-state index in [1.807, 2.05) is 0 Å². The van der Waals surface area contributed by atoms with Crippen LogP contribution in [0.4, 0.5) is 4.79 Å². The lowest BCUT2D eigenvalue weighted by atomic mass is 9.79. The molecule has 13 heteroatoms. The number of Topliss-reactive ketones (excluding diaryl/α,β-unsaturated/α-hetero) is 1. The quantitative estimate of drug-likeness (QED) is 0.0562. The fourth-order valence-electron chi connectivity index (χ4n) is 3.48. The number of carbonyl (C=O) groups is 6. The molecular formula is C23H31N3O10. The second-order valence-electron chi connectivity index (χ2n) is 7.46. The zero-order valence-electron chi connectivity index (χ0n) is 19.8. The van der Waals surface area contributed by atoms with Crippen LogP contribution in [0.15, 0.2) is 38.0 Å². The number of ketones is 1. The molecule has 0 spiro atoms. The van der Waals surface area contributed by atoms with E-state index in [-0.39, 0.29) is 32.8 Å². The van der Waals surface area contributed by atoms with E-state index in [0.29, 0.717) is 11.3 Å². The third-order valence-corrected chi connectivity index (χ3v) is 5.13. The van der Waals surface area contributed by atoms with Crippen LogP contribution in [0.2, 0.25) is 0 Å². The van der Waals surface area contributed by atoms with Gasteiger partial charge in [-0.3, -0.25) is 24.1 Å². The fourth-order valence-corrected chi connectivity index (χ4v) is 3.48. The third-order valence-electron chi connectivity index (χ3n) is 5.13. The van der Waals surface area contributed by atoms with E-state index in [2.05, 4.69) is 35.1 Å². The first-order valence-corrected chi connectivity index (χ1v) is 11.0. The van der Waals surface area contributed by atoms with Crippen LogP contribution in [0.1, 0.15) is 12.8 Å². The molecule has 0 radical (unpaired) electrons. The van der Waals surface area contributed by atoms with E-state index >= 15 is 0 Å². The minimum Gasteiger partial charge on any atom is -0.454 e. The normalized spacial score (nSPS) is 18.0. The van der Waals surface area contributed by atoms with Gasteiger partial charge in [0.25, 0.3) is 0 Å². The molecule has 13 nitrogen and oxygen atoms in total. The summed E-state index contributed by atoms with van der Waals surface area (Å²) in [5.74, 6) is -6.01. The lowest BCUT2D eigenvalue weighted by Crippen LogP contribution is -2.65. The number of rotatable bonds is 17. The maximum absolute atomic E-state index is 13.3. The van der Waals surface area contributed by atoms with Crippen molar-refractivity contribution in [3.63, 3.8) is 0 Å². The predicted molar refractivity (Wildman–Crippen MR) is 124 cm³/mol. The van der Waals surface area contributed by atoms with Crippen molar-refractivity contribution in [2.75, 3.05) is 33.0 Å². The largest absolute Gasteiger partial charge is 0.454 e. The highest BCUT2D eigenvalue weighted by Gasteiger charge is 2.53. The molecule has 0 aromatic rings. The molecule has 1 fully saturated rings. The van der Waals surface area contributed by atoms with E-state index in [0.717, 1.165) is 0 Å². The van der Waals surface area contributed by atoms with E-state index in [4.69, 9.17) is 9.47 Å². The number of esters is 1. The van der Waals surface area contributed by atoms with Gasteiger partial charge in [-0.15, -0.1) is 6.58 Å². The van der Waals surface area contributed by atoms with Gasteiger partial charge < -0.3 is 30.0 Å². The number of nitrogens with one attached hydrogen (secondary N) is 2. The van der Waals surface area contributed by atoms with Crippen LogP contribution in [-0.2, 0) is 38.2 Å². The van der Waals surface area contributed by atoms with Crippen molar-refractivity contribution in [3.05, 3.63) is 38.0 Å². The number of ether oxygens (including phenoxy) is 3. The van der Waals surface area contributed by atoms with Crippen LogP contribution in [0.3, 0.4) is 0 Å². The zero-order chi connectivity index (χ0) is 27.1. The molecule has 0 saturated carbocycles. The molecule has 1 aliphatic heterocycles. The molecule has 0 bridgehead atoms. The van der Waals surface area contributed by atoms with E-state index in [9.17, 15) is 33.9 Å². The molecule has 2 unspecified atom stereocenters. The first kappa shape index (κ1) is 30.2. The molecule has 4 atom stereocenters. The standard InChI is InChI=1S/C23H31N3O10/c1-4-9-34-19(25-14-28)16(13-24-23(33)36-11-6-3)18(29)12-17-15(7-8-27)20(30)26(17)21(31)22(32)35-10-5-2/h4-6,14-17,19,27H,1-3,7-13H2,(H,24,33)(H,25,28)/t15-,16?,17+,19?/m0/s1. The van der Waals surface area contributed by atoms with Crippen LogP contribution in [0.5, 0.6) is 0 Å². The summed E-state index contributed by atoms with van der Waals surface area (Å²) in [5, 5.41) is 14.0. The van der Waals surface area contributed by atoms with E-state index < -0.39 is 66.8 Å². The first-order valence-electron chi connectivity index (χ1n) is 11.0. The highest BCUT2D eigenvalue weighted by atomic mass is 16.5. The Kier molecular flexibility index (Phi) is 13.4. The van der Waals surface area contributed by atoms with Gasteiger partial charge >= 0.3 is 18.0 Å². The minimum absolute atomic E-state index is 0.0506. The van der Waals surface area contributed by atoms with Crippen LogP contribution in [0.25, 0.3) is 0 Å². The number of hydrogen-bond acceptors (Lipinski definition) is 10. The Morgan fingerprint density at radius 3 is 2.28 bits per heavy atom. The molecule has 36 heavy (non-hydrogen) atoms. The lowest BCUT2D eigenvalue weighted by molar-refractivity contribution is -0.177. The fraction of sp³-hybridized carbons (Fsp3) is 0.478. The van der Waals surface area contributed by atoms with Crippen molar-refractivity contribution < 1.29 is 48.1 Å². The zero-order valence-corrected chi connectivity index (χ0v) is 19.8. The predicted octanol–water partition coefficient (Wildman–Crippen LogP) is -0.786. The molecule has 1 heterocycles. The maximum atomic E-state index is 13.3. The summed E-state index contributed by atoms with van der Waals surface area (Å²) < 4.78 is 15.0. The molecule has 1 saturated heterocycles. The summed E-state index contributed by atoms with van der Waals surface area (Å²) in [5.41, 5.74) is 0. The van der Waals surface area contributed by atoms with E-state index in [1.165, 1.54) is 18.2 Å². The Bertz CT molecular complexity index is 859. The molecule has 198 valence electrons. The average molecular weight is 510 g/mol. The summed E-state index contributed by atoms with van der Waals surface area (Å²) in [4.78, 5) is 73.9. The van der Waals surface area contributed by atoms with Crippen LogP contribution < -0.4 is 10.6 Å². The topological polar surface area (TPSA) is 178 Å². The molecule has 3 N–H and O–H groups in total. The van der Waals surface area contributed by atoms with Gasteiger partial charge in [-0.05, 0) is 6.42 Å². The summed E-state index contributed by atoms with van der Waals surface area (Å²) in [6, 6.07) is -1.06. The van der Waals surface area contributed by atoms with E-state index in [1.54, 1.807) is 0 Å². The van der Waals surface area contributed by atoms with Gasteiger partial charge in [0, 0.05) is 19.6 Å². The second kappa shape index (κ2) is 15.9. The number of nitrogens with zero attached hydrogens (tertiary/aromatic N) is 1. The summed E-state index contributed by atoms with van der Waals surface area (Å²) in [6.45, 7) is 9.15. The molecule has 4 amide bonds. The Hall–Kier alpha value is -3.84. The smallest absolute Gasteiger partial charge is 0.407 e. The molecule has 0 aromatic heterocycles. The Balaban J connectivity index is 3.13. The lowest BCUT2D eigenvalue weighted by Gasteiger charge is -2.45. The van der Waals surface area contributed by atoms with Crippen LogP contribution in [0, 0.1) is 11.8 Å². The van der Waals surface area contributed by atoms with Crippen molar-refractivity contribution >= 4 is 36.1 Å². The van der Waals surface area contributed by atoms with Gasteiger partial charge in [0.15, 0.2) is 0 Å². The number of β-lactam (4-membered cyclic amide) rings is 1. The monoisotopic (exact) mass is 509 g/mol. The molecule has 0 aromatic carbocycles. The molecule has 0 aliphatic carbocycles. The second-order valence-corrected chi connectivity index (χ2v) is 7.46.